The van der Waals surface area contributed by atoms with Gasteiger partial charge in [0.2, 0.25) is 0 Å². The Morgan fingerprint density at radius 3 is 2.57 bits per heavy atom. The van der Waals surface area contributed by atoms with Crippen LogP contribution >= 0.6 is 0 Å². The number of ether oxygens (including phenoxy) is 2. The molecule has 0 fully saturated rings. The van der Waals surface area contributed by atoms with Gasteiger partial charge in [-0.2, -0.15) is 0 Å². The third-order valence-corrected chi connectivity index (χ3v) is 4.51. The predicted molar refractivity (Wildman–Crippen MR) is 111 cm³/mol. The van der Waals surface area contributed by atoms with Crippen LogP contribution < -0.4 is 0 Å². The maximum Gasteiger partial charge on any atom is 0.508 e. The van der Waals surface area contributed by atoms with E-state index in [4.69, 9.17) is 4.74 Å². The summed E-state index contributed by atoms with van der Waals surface area (Å²) in [5, 5.41) is 1.22. The van der Waals surface area contributed by atoms with Crippen molar-refractivity contribution in [1.29, 1.82) is 0 Å². The maximum atomic E-state index is 11.1. The van der Waals surface area contributed by atoms with Crippen LogP contribution in [0.25, 0.3) is 10.9 Å². The van der Waals surface area contributed by atoms with Crippen LogP contribution in [-0.2, 0) is 22.6 Å². The van der Waals surface area contributed by atoms with Gasteiger partial charge in [-0.3, -0.25) is 4.90 Å². The molecule has 3 aromatic rings. The Kier molecular flexibility index (Phi) is 6.87. The molecule has 0 spiro atoms. The number of aromatic amines is 1. The lowest BCUT2D eigenvalue weighted by Crippen LogP contribution is -2.23. The lowest BCUT2D eigenvalue weighted by molar-refractivity contribution is 0.0797. The molecule has 0 atom stereocenters. The Labute approximate surface area is 165 Å². The van der Waals surface area contributed by atoms with Gasteiger partial charge < -0.3 is 14.5 Å². The molecule has 1 heterocycles. The number of nitrogens with zero attached hydrogens (tertiary/aromatic N) is 1. The van der Waals surface area contributed by atoms with E-state index < -0.39 is 6.16 Å². The fourth-order valence-corrected chi connectivity index (χ4v) is 3.06. The topological polar surface area (TPSA) is 54.6 Å². The zero-order valence-electron chi connectivity index (χ0n) is 16.4. The highest BCUT2D eigenvalue weighted by Crippen LogP contribution is 2.17. The second-order valence-corrected chi connectivity index (χ2v) is 6.83. The molecule has 1 N–H and O–H groups in total. The summed E-state index contributed by atoms with van der Waals surface area (Å²) in [6, 6.07) is 20.9. The Hall–Kier alpha value is -3.05. The highest BCUT2D eigenvalue weighted by Gasteiger charge is 2.09. The number of fused-ring (bicyclic) bond motifs is 1. The molecule has 0 amide bonds. The standard InChI is InChI=1S/C23H26N2O3/c1-18(17-28-23(26)27-2)12-13-25(15-19-8-4-3-5-9-19)16-21-14-20-10-6-7-11-22(20)24-21/h3-12,14,24H,13,15-17H2,1-2H3/b18-12+. The predicted octanol–water partition coefficient (Wildman–Crippen LogP) is 4.90. The van der Waals surface area contributed by atoms with Gasteiger partial charge in [0.05, 0.1) is 7.11 Å². The Bertz CT molecular complexity index is 898. The molecule has 3 rings (SSSR count). The minimum Gasteiger partial charge on any atom is -0.438 e. The normalized spacial score (nSPS) is 11.8. The largest absolute Gasteiger partial charge is 0.508 e. The van der Waals surface area contributed by atoms with Crippen molar-refractivity contribution in [3.8, 4) is 0 Å². The first-order valence-electron chi connectivity index (χ1n) is 9.33. The quantitative estimate of drug-likeness (QED) is 0.447. The van der Waals surface area contributed by atoms with Gasteiger partial charge in [0.1, 0.15) is 6.61 Å². The summed E-state index contributed by atoms with van der Waals surface area (Å²) >= 11 is 0. The van der Waals surface area contributed by atoms with Crippen LogP contribution in [0.4, 0.5) is 4.79 Å². The third-order valence-electron chi connectivity index (χ3n) is 4.51. The van der Waals surface area contributed by atoms with Crippen LogP contribution in [0, 0.1) is 0 Å². The highest BCUT2D eigenvalue weighted by atomic mass is 16.7. The van der Waals surface area contributed by atoms with Crippen molar-refractivity contribution in [2.45, 2.75) is 20.0 Å². The highest BCUT2D eigenvalue weighted by molar-refractivity contribution is 5.80. The second kappa shape index (κ2) is 9.76. The van der Waals surface area contributed by atoms with E-state index >= 15 is 0 Å². The minimum absolute atomic E-state index is 0.234. The van der Waals surface area contributed by atoms with E-state index in [1.807, 2.05) is 19.1 Å². The van der Waals surface area contributed by atoms with Crippen LogP contribution in [0.1, 0.15) is 18.2 Å². The van der Waals surface area contributed by atoms with Crippen LogP contribution in [0.15, 0.2) is 72.3 Å². The lowest BCUT2D eigenvalue weighted by Gasteiger charge is -2.21. The summed E-state index contributed by atoms with van der Waals surface area (Å²) in [5.74, 6) is 0. The van der Waals surface area contributed by atoms with Gasteiger partial charge in [-0.05, 0) is 35.6 Å². The van der Waals surface area contributed by atoms with Crippen LogP contribution in [-0.4, -0.2) is 36.3 Å². The minimum atomic E-state index is -0.660. The molecule has 5 heteroatoms. The molecule has 1 aromatic heterocycles. The SMILES string of the molecule is COC(=O)OC/C(C)=C/CN(Cc1ccccc1)Cc1cc2ccccc2[nH]1. The zero-order chi connectivity index (χ0) is 19.8. The van der Waals surface area contributed by atoms with Gasteiger partial charge in [-0.1, -0.05) is 54.6 Å². The van der Waals surface area contributed by atoms with Crippen LogP contribution in [0.3, 0.4) is 0 Å². The molecule has 0 unspecified atom stereocenters. The fraction of sp³-hybridized carbons (Fsp3) is 0.261. The van der Waals surface area contributed by atoms with E-state index in [0.29, 0.717) is 0 Å². The van der Waals surface area contributed by atoms with E-state index in [0.717, 1.165) is 30.7 Å². The summed E-state index contributed by atoms with van der Waals surface area (Å²) < 4.78 is 9.52. The Morgan fingerprint density at radius 2 is 1.82 bits per heavy atom. The molecule has 0 saturated heterocycles. The van der Waals surface area contributed by atoms with Crippen molar-refractivity contribution in [2.24, 2.45) is 0 Å². The van der Waals surface area contributed by atoms with Gasteiger partial charge in [-0.25, -0.2) is 4.79 Å². The van der Waals surface area contributed by atoms with E-state index in [9.17, 15) is 4.79 Å². The molecule has 0 radical (unpaired) electrons. The number of carbonyl (C=O) groups is 1. The number of rotatable bonds is 8. The second-order valence-electron chi connectivity index (χ2n) is 6.83. The fourth-order valence-electron chi connectivity index (χ4n) is 3.06. The van der Waals surface area contributed by atoms with Crippen LogP contribution in [0.2, 0.25) is 0 Å². The van der Waals surface area contributed by atoms with Crippen molar-refractivity contribution < 1.29 is 14.3 Å². The first kappa shape index (κ1) is 19.7. The molecule has 2 aromatic carbocycles. The molecule has 5 nitrogen and oxygen atoms in total. The number of hydrogen-bond acceptors (Lipinski definition) is 4. The number of methoxy groups -OCH3 is 1. The summed E-state index contributed by atoms with van der Waals surface area (Å²) in [5.41, 5.74) is 4.57. The van der Waals surface area contributed by atoms with Crippen molar-refractivity contribution in [3.05, 3.63) is 83.6 Å². The molecule has 146 valence electrons. The van der Waals surface area contributed by atoms with Gasteiger partial charge in [0, 0.05) is 30.8 Å². The number of aromatic nitrogens is 1. The average molecular weight is 378 g/mol. The number of para-hydroxylation sites is 1. The summed E-state index contributed by atoms with van der Waals surface area (Å²) in [6.07, 6.45) is 1.43. The molecule has 0 aliphatic carbocycles. The van der Waals surface area contributed by atoms with E-state index in [1.54, 1.807) is 0 Å². The lowest BCUT2D eigenvalue weighted by atomic mass is 10.2. The number of H-pyrrole nitrogens is 1. The number of nitrogens with one attached hydrogen (secondary N) is 1. The van der Waals surface area contributed by atoms with Crippen molar-refractivity contribution >= 4 is 17.1 Å². The molecular weight excluding hydrogens is 352 g/mol. The number of carbonyl (C=O) groups excluding carboxylic acids is 1. The van der Waals surface area contributed by atoms with E-state index in [2.05, 4.69) is 69.2 Å². The Balaban J connectivity index is 1.70. The van der Waals surface area contributed by atoms with Gasteiger partial charge >= 0.3 is 6.16 Å². The molecule has 0 bridgehead atoms. The van der Waals surface area contributed by atoms with Gasteiger partial charge in [-0.15, -0.1) is 0 Å². The average Bonchev–Trinajstić information content (AvgIpc) is 3.13. The monoisotopic (exact) mass is 378 g/mol. The summed E-state index contributed by atoms with van der Waals surface area (Å²) in [6.45, 7) is 4.56. The number of hydrogen-bond donors (Lipinski definition) is 1. The third kappa shape index (κ3) is 5.72. The maximum absolute atomic E-state index is 11.1. The zero-order valence-corrected chi connectivity index (χ0v) is 16.4. The number of benzene rings is 2. The van der Waals surface area contributed by atoms with Crippen molar-refractivity contribution in [2.75, 3.05) is 20.3 Å². The molecular formula is C23H26N2O3. The van der Waals surface area contributed by atoms with Crippen LogP contribution in [0.5, 0.6) is 0 Å². The molecule has 28 heavy (non-hydrogen) atoms. The van der Waals surface area contributed by atoms with Crippen molar-refractivity contribution in [1.82, 2.24) is 9.88 Å². The smallest absolute Gasteiger partial charge is 0.438 e. The first-order valence-corrected chi connectivity index (χ1v) is 9.33. The van der Waals surface area contributed by atoms with Crippen molar-refractivity contribution in [3.63, 3.8) is 0 Å². The Morgan fingerprint density at radius 1 is 1.07 bits per heavy atom. The van der Waals surface area contributed by atoms with E-state index in [-0.39, 0.29) is 6.61 Å². The molecule has 0 aliphatic rings. The van der Waals surface area contributed by atoms with E-state index in [1.165, 1.54) is 23.8 Å². The molecule has 0 saturated carbocycles. The summed E-state index contributed by atoms with van der Waals surface area (Å²) in [4.78, 5) is 17.0. The van der Waals surface area contributed by atoms with Gasteiger partial charge in [0.25, 0.3) is 0 Å². The van der Waals surface area contributed by atoms with Gasteiger partial charge in [0.15, 0.2) is 0 Å². The first-order chi connectivity index (χ1) is 13.6. The molecule has 0 aliphatic heterocycles. The summed E-state index contributed by atoms with van der Waals surface area (Å²) in [7, 11) is 1.31.